The summed E-state index contributed by atoms with van der Waals surface area (Å²) in [6.07, 6.45) is 3.42. The highest BCUT2D eigenvalue weighted by molar-refractivity contribution is 6.34. The Labute approximate surface area is 99.6 Å². The Morgan fingerprint density at radius 3 is 2.82 bits per heavy atom. The zero-order valence-corrected chi connectivity index (χ0v) is 10.0. The second-order valence-corrected chi connectivity index (χ2v) is 3.66. The summed E-state index contributed by atoms with van der Waals surface area (Å²) in [6, 6.07) is 0. The van der Waals surface area contributed by atoms with E-state index in [1.807, 2.05) is 7.05 Å². The highest BCUT2D eigenvalue weighted by Crippen LogP contribution is 1.99. The number of amides is 2. The third-order valence-corrected chi connectivity index (χ3v) is 2.27. The molecule has 0 unspecified atom stereocenters. The van der Waals surface area contributed by atoms with Crippen LogP contribution in [0.15, 0.2) is 12.4 Å². The topological polar surface area (TPSA) is 93.2 Å². The molecule has 0 saturated heterocycles. The summed E-state index contributed by atoms with van der Waals surface area (Å²) in [5, 5.41) is 2.42. The zero-order chi connectivity index (χ0) is 12.8. The zero-order valence-electron chi connectivity index (χ0n) is 10.0. The smallest absolute Gasteiger partial charge is 0.312 e. The molecule has 0 fully saturated rings. The highest BCUT2D eigenvalue weighted by atomic mass is 16.2. The molecule has 7 nitrogen and oxygen atoms in total. The van der Waals surface area contributed by atoms with E-state index in [1.54, 1.807) is 24.0 Å². The molecule has 0 saturated carbocycles. The summed E-state index contributed by atoms with van der Waals surface area (Å²) in [5.74, 6) is -0.527. The van der Waals surface area contributed by atoms with Gasteiger partial charge in [0.25, 0.3) is 0 Å². The van der Waals surface area contributed by atoms with Crippen molar-refractivity contribution in [1.29, 1.82) is 0 Å². The lowest BCUT2D eigenvalue weighted by Gasteiger charge is -2.16. The summed E-state index contributed by atoms with van der Waals surface area (Å²) in [6.45, 7) is 0.890. The number of aryl methyl sites for hydroxylation is 1. The minimum Gasteiger partial charge on any atom is -0.347 e. The van der Waals surface area contributed by atoms with Crippen molar-refractivity contribution in [3.8, 4) is 0 Å². The number of imidazole rings is 1. The molecule has 17 heavy (non-hydrogen) atoms. The fraction of sp³-hybridized carbons (Fsp3) is 0.500. The van der Waals surface area contributed by atoms with Crippen LogP contribution in [0.2, 0.25) is 0 Å². The normalized spacial score (nSPS) is 10.1. The minimum atomic E-state index is -0.646. The predicted molar refractivity (Wildman–Crippen MR) is 61.7 cm³/mol. The molecule has 1 rings (SSSR count). The maximum atomic E-state index is 11.6. The largest absolute Gasteiger partial charge is 0.347 e. The molecule has 2 amide bonds. The molecule has 1 aromatic heterocycles. The molecule has 0 aromatic carbocycles. The Bertz CT molecular complexity index is 401. The van der Waals surface area contributed by atoms with Gasteiger partial charge >= 0.3 is 11.8 Å². The molecule has 7 heteroatoms. The van der Waals surface area contributed by atoms with Crippen molar-refractivity contribution < 1.29 is 9.59 Å². The van der Waals surface area contributed by atoms with Gasteiger partial charge in [-0.2, -0.15) is 0 Å². The van der Waals surface area contributed by atoms with Crippen LogP contribution in [-0.4, -0.2) is 46.4 Å². The van der Waals surface area contributed by atoms with Crippen molar-refractivity contribution in [1.82, 2.24) is 19.8 Å². The lowest BCUT2D eigenvalue weighted by atomic mass is 10.4. The molecule has 1 aromatic rings. The number of likely N-dealkylation sites (N-methyl/N-ethyl adjacent to an activating group) is 1. The molecule has 3 N–H and O–H groups in total. The van der Waals surface area contributed by atoms with Crippen LogP contribution < -0.4 is 11.1 Å². The third kappa shape index (κ3) is 3.56. The van der Waals surface area contributed by atoms with E-state index in [4.69, 9.17) is 5.73 Å². The number of hydrogen-bond acceptors (Lipinski definition) is 4. The van der Waals surface area contributed by atoms with Gasteiger partial charge in [0, 0.05) is 39.6 Å². The van der Waals surface area contributed by atoms with Crippen LogP contribution >= 0.6 is 0 Å². The first-order chi connectivity index (χ1) is 8.06. The number of carbonyl (C=O) groups is 2. The average molecular weight is 239 g/mol. The molecular weight excluding hydrogens is 222 g/mol. The molecule has 0 bridgehead atoms. The van der Waals surface area contributed by atoms with E-state index in [-0.39, 0.29) is 0 Å². The third-order valence-electron chi connectivity index (χ3n) is 2.27. The van der Waals surface area contributed by atoms with Crippen LogP contribution in [0.3, 0.4) is 0 Å². The molecule has 0 aliphatic heterocycles. The van der Waals surface area contributed by atoms with Gasteiger partial charge in [-0.1, -0.05) is 0 Å². The number of carbonyl (C=O) groups excluding carboxylic acids is 2. The van der Waals surface area contributed by atoms with E-state index in [9.17, 15) is 9.59 Å². The molecule has 0 aliphatic carbocycles. The predicted octanol–water partition coefficient (Wildman–Crippen LogP) is -1.55. The SMILES string of the molecule is CN(Cc1nccn1C)C(=O)C(=O)NCCN. The van der Waals surface area contributed by atoms with Crippen molar-refractivity contribution in [3.05, 3.63) is 18.2 Å². The molecule has 0 atom stereocenters. The number of rotatable bonds is 4. The second-order valence-electron chi connectivity index (χ2n) is 3.66. The van der Waals surface area contributed by atoms with E-state index in [0.717, 1.165) is 0 Å². The molecular formula is C10H17N5O2. The highest BCUT2D eigenvalue weighted by Gasteiger charge is 2.19. The second kappa shape index (κ2) is 6.00. The maximum absolute atomic E-state index is 11.6. The summed E-state index contributed by atoms with van der Waals surface area (Å²) in [5.41, 5.74) is 5.23. The summed E-state index contributed by atoms with van der Waals surface area (Å²) in [7, 11) is 3.38. The first-order valence-corrected chi connectivity index (χ1v) is 5.25. The summed E-state index contributed by atoms with van der Waals surface area (Å²) >= 11 is 0. The van der Waals surface area contributed by atoms with Crippen LogP contribution in [0, 0.1) is 0 Å². The fourth-order valence-electron chi connectivity index (χ4n) is 1.27. The van der Waals surface area contributed by atoms with Crippen molar-refractivity contribution in [2.24, 2.45) is 12.8 Å². The molecule has 0 spiro atoms. The summed E-state index contributed by atoms with van der Waals surface area (Å²) < 4.78 is 1.79. The van der Waals surface area contributed by atoms with Gasteiger partial charge in [-0.3, -0.25) is 9.59 Å². The van der Waals surface area contributed by atoms with Crippen LogP contribution in [0.1, 0.15) is 5.82 Å². The first kappa shape index (κ1) is 13.2. The lowest BCUT2D eigenvalue weighted by Crippen LogP contribution is -2.42. The number of hydrogen-bond donors (Lipinski definition) is 2. The molecule has 0 radical (unpaired) electrons. The van der Waals surface area contributed by atoms with Gasteiger partial charge < -0.3 is 20.5 Å². The molecule has 0 aliphatic rings. The number of aromatic nitrogens is 2. The van der Waals surface area contributed by atoms with Crippen LogP contribution in [0.5, 0.6) is 0 Å². The lowest BCUT2D eigenvalue weighted by molar-refractivity contribution is -0.145. The van der Waals surface area contributed by atoms with Gasteiger partial charge in [0.2, 0.25) is 0 Å². The van der Waals surface area contributed by atoms with Crippen molar-refractivity contribution >= 4 is 11.8 Å². The van der Waals surface area contributed by atoms with E-state index in [1.165, 1.54) is 4.90 Å². The van der Waals surface area contributed by atoms with E-state index in [0.29, 0.717) is 25.5 Å². The van der Waals surface area contributed by atoms with Crippen LogP contribution in [0.4, 0.5) is 0 Å². The van der Waals surface area contributed by atoms with Gasteiger partial charge in [0.1, 0.15) is 5.82 Å². The minimum absolute atomic E-state index is 0.290. The number of nitrogens with one attached hydrogen (secondary N) is 1. The van der Waals surface area contributed by atoms with Gasteiger partial charge in [-0.15, -0.1) is 0 Å². The van der Waals surface area contributed by atoms with Crippen LogP contribution in [-0.2, 0) is 23.2 Å². The van der Waals surface area contributed by atoms with Gasteiger partial charge in [0.05, 0.1) is 6.54 Å². The van der Waals surface area contributed by atoms with E-state index < -0.39 is 11.8 Å². The van der Waals surface area contributed by atoms with Gasteiger partial charge in [0.15, 0.2) is 0 Å². The number of nitrogens with zero attached hydrogens (tertiary/aromatic N) is 3. The van der Waals surface area contributed by atoms with Crippen molar-refractivity contribution in [2.75, 3.05) is 20.1 Å². The Balaban J connectivity index is 2.52. The van der Waals surface area contributed by atoms with Crippen molar-refractivity contribution in [2.45, 2.75) is 6.54 Å². The van der Waals surface area contributed by atoms with Crippen molar-refractivity contribution in [3.63, 3.8) is 0 Å². The van der Waals surface area contributed by atoms with Gasteiger partial charge in [-0.05, 0) is 0 Å². The monoisotopic (exact) mass is 239 g/mol. The average Bonchev–Trinajstić information content (AvgIpc) is 2.70. The Kier molecular flexibility index (Phi) is 4.65. The van der Waals surface area contributed by atoms with Gasteiger partial charge in [-0.25, -0.2) is 4.98 Å². The molecule has 94 valence electrons. The van der Waals surface area contributed by atoms with Crippen LogP contribution in [0.25, 0.3) is 0 Å². The van der Waals surface area contributed by atoms with E-state index >= 15 is 0 Å². The Hall–Kier alpha value is -1.89. The maximum Gasteiger partial charge on any atom is 0.312 e. The standard InChI is InChI=1S/C10H17N5O2/c1-14-6-5-12-8(14)7-15(2)10(17)9(16)13-4-3-11/h5-6H,3-4,7,11H2,1-2H3,(H,13,16). The Morgan fingerprint density at radius 2 is 2.29 bits per heavy atom. The fourth-order valence-corrected chi connectivity index (χ4v) is 1.27. The quantitative estimate of drug-likeness (QED) is 0.622. The number of nitrogens with two attached hydrogens (primary N) is 1. The Morgan fingerprint density at radius 1 is 1.59 bits per heavy atom. The molecule has 1 heterocycles. The first-order valence-electron chi connectivity index (χ1n) is 5.25. The van der Waals surface area contributed by atoms with E-state index in [2.05, 4.69) is 10.3 Å². The summed E-state index contributed by atoms with van der Waals surface area (Å²) in [4.78, 5) is 28.4.